The minimum absolute atomic E-state index is 0.0914. The average Bonchev–Trinajstić information content (AvgIpc) is 2.48. The highest BCUT2D eigenvalue weighted by Crippen LogP contribution is 2.23. The molecule has 106 valence electrons. The Labute approximate surface area is 118 Å². The second kappa shape index (κ2) is 6.04. The number of nitrogens with one attached hydrogen (secondary N) is 1. The first-order chi connectivity index (χ1) is 9.55. The quantitative estimate of drug-likeness (QED) is 0.654. The van der Waals surface area contributed by atoms with Gasteiger partial charge in [0.05, 0.1) is 4.90 Å². The summed E-state index contributed by atoms with van der Waals surface area (Å²) in [4.78, 5) is 1.86. The smallest absolute Gasteiger partial charge is 0.253 e. The van der Waals surface area contributed by atoms with E-state index in [1.165, 1.54) is 17.7 Å². The summed E-state index contributed by atoms with van der Waals surface area (Å²) in [6, 6.07) is 13.8. The SMILES string of the molecule is CCc1ccc(Oc2ccc(S(=O)(=O)NN)cc2)cc1. The topological polar surface area (TPSA) is 81.4 Å². The first kappa shape index (κ1) is 14.5. The van der Waals surface area contributed by atoms with Gasteiger partial charge in [0, 0.05) is 0 Å². The van der Waals surface area contributed by atoms with E-state index in [0.717, 1.165) is 6.42 Å². The van der Waals surface area contributed by atoms with E-state index in [1.807, 2.05) is 24.3 Å². The molecule has 0 aliphatic heterocycles. The third kappa shape index (κ3) is 3.36. The number of benzene rings is 2. The summed E-state index contributed by atoms with van der Waals surface area (Å²) in [6.07, 6.45) is 0.971. The molecular formula is C14H16N2O3S. The molecule has 0 radical (unpaired) electrons. The van der Waals surface area contributed by atoms with Crippen LogP contribution in [-0.2, 0) is 16.4 Å². The lowest BCUT2D eigenvalue weighted by Gasteiger charge is -2.07. The molecule has 0 bridgehead atoms. The van der Waals surface area contributed by atoms with Gasteiger partial charge in [0.15, 0.2) is 0 Å². The van der Waals surface area contributed by atoms with Crippen molar-refractivity contribution in [2.75, 3.05) is 0 Å². The monoisotopic (exact) mass is 292 g/mol. The van der Waals surface area contributed by atoms with Crippen molar-refractivity contribution in [3.63, 3.8) is 0 Å². The van der Waals surface area contributed by atoms with Gasteiger partial charge in [-0.25, -0.2) is 8.42 Å². The predicted molar refractivity (Wildman–Crippen MR) is 76.8 cm³/mol. The van der Waals surface area contributed by atoms with E-state index in [9.17, 15) is 8.42 Å². The summed E-state index contributed by atoms with van der Waals surface area (Å²) in [5.41, 5.74) is 1.23. The highest BCUT2D eigenvalue weighted by atomic mass is 32.2. The van der Waals surface area contributed by atoms with E-state index >= 15 is 0 Å². The van der Waals surface area contributed by atoms with Crippen LogP contribution in [0, 0.1) is 0 Å². The van der Waals surface area contributed by atoms with Gasteiger partial charge in [-0.2, -0.15) is 4.83 Å². The molecule has 0 aliphatic rings. The van der Waals surface area contributed by atoms with Crippen LogP contribution in [0.5, 0.6) is 11.5 Å². The van der Waals surface area contributed by atoms with Gasteiger partial charge in [-0.1, -0.05) is 19.1 Å². The molecule has 5 nitrogen and oxygen atoms in total. The molecule has 0 spiro atoms. The van der Waals surface area contributed by atoms with Crippen LogP contribution in [0.2, 0.25) is 0 Å². The molecule has 2 aromatic carbocycles. The lowest BCUT2D eigenvalue weighted by atomic mass is 10.2. The van der Waals surface area contributed by atoms with Gasteiger partial charge in [0.2, 0.25) is 0 Å². The first-order valence-electron chi connectivity index (χ1n) is 6.14. The van der Waals surface area contributed by atoms with E-state index < -0.39 is 10.0 Å². The van der Waals surface area contributed by atoms with Crippen molar-refractivity contribution in [1.29, 1.82) is 0 Å². The fourth-order valence-electron chi connectivity index (χ4n) is 1.68. The molecule has 0 unspecified atom stereocenters. The molecule has 0 saturated heterocycles. The number of hydrogen-bond donors (Lipinski definition) is 2. The van der Waals surface area contributed by atoms with E-state index in [-0.39, 0.29) is 4.90 Å². The minimum atomic E-state index is -3.62. The third-order valence-electron chi connectivity index (χ3n) is 2.86. The lowest BCUT2D eigenvalue weighted by molar-refractivity contribution is 0.482. The molecule has 2 rings (SSSR count). The Bertz CT molecular complexity index is 665. The summed E-state index contributed by atoms with van der Waals surface area (Å²) in [7, 11) is -3.62. The van der Waals surface area contributed by atoms with Crippen molar-refractivity contribution in [3.8, 4) is 11.5 Å². The van der Waals surface area contributed by atoms with Crippen LogP contribution < -0.4 is 15.4 Å². The Morgan fingerprint density at radius 1 is 1.00 bits per heavy atom. The first-order valence-corrected chi connectivity index (χ1v) is 7.63. The summed E-state index contributed by atoms with van der Waals surface area (Å²) in [5.74, 6) is 6.22. The Hall–Kier alpha value is -1.89. The minimum Gasteiger partial charge on any atom is -0.457 e. The number of hydrogen-bond acceptors (Lipinski definition) is 4. The molecule has 0 fully saturated rings. The largest absolute Gasteiger partial charge is 0.457 e. The average molecular weight is 292 g/mol. The predicted octanol–water partition coefficient (Wildman–Crippen LogP) is 2.19. The molecule has 6 heteroatoms. The van der Waals surface area contributed by atoms with Crippen molar-refractivity contribution >= 4 is 10.0 Å². The molecule has 0 aliphatic carbocycles. The van der Waals surface area contributed by atoms with Crippen molar-refractivity contribution in [3.05, 3.63) is 54.1 Å². The molecule has 0 amide bonds. The number of ether oxygens (including phenoxy) is 1. The van der Waals surface area contributed by atoms with Crippen LogP contribution in [0.3, 0.4) is 0 Å². The maximum Gasteiger partial charge on any atom is 0.253 e. The van der Waals surface area contributed by atoms with Crippen molar-refractivity contribution in [2.24, 2.45) is 5.84 Å². The summed E-state index contributed by atoms with van der Waals surface area (Å²) in [6.45, 7) is 2.08. The van der Waals surface area contributed by atoms with Crippen LogP contribution in [0.4, 0.5) is 0 Å². The Morgan fingerprint density at radius 3 is 1.95 bits per heavy atom. The summed E-state index contributed by atoms with van der Waals surface area (Å²) >= 11 is 0. The van der Waals surface area contributed by atoms with Crippen molar-refractivity contribution in [1.82, 2.24) is 4.83 Å². The molecule has 0 heterocycles. The molecule has 0 saturated carbocycles. The van der Waals surface area contributed by atoms with Crippen LogP contribution in [0.25, 0.3) is 0 Å². The molecule has 0 atom stereocenters. The lowest BCUT2D eigenvalue weighted by Crippen LogP contribution is -2.30. The van der Waals surface area contributed by atoms with Crippen molar-refractivity contribution in [2.45, 2.75) is 18.2 Å². The van der Waals surface area contributed by atoms with E-state index in [4.69, 9.17) is 10.6 Å². The van der Waals surface area contributed by atoms with Gasteiger partial charge >= 0.3 is 0 Å². The van der Waals surface area contributed by atoms with Gasteiger partial charge < -0.3 is 4.74 Å². The zero-order valence-electron chi connectivity index (χ0n) is 11.0. The Kier molecular flexibility index (Phi) is 4.39. The highest BCUT2D eigenvalue weighted by molar-refractivity contribution is 7.89. The highest BCUT2D eigenvalue weighted by Gasteiger charge is 2.11. The summed E-state index contributed by atoms with van der Waals surface area (Å²) in [5, 5.41) is 0. The van der Waals surface area contributed by atoms with Gasteiger partial charge in [-0.05, 0) is 48.4 Å². The maximum atomic E-state index is 11.5. The zero-order valence-corrected chi connectivity index (χ0v) is 11.9. The molecule has 0 aromatic heterocycles. The third-order valence-corrected chi connectivity index (χ3v) is 4.06. The second-order valence-corrected chi connectivity index (χ2v) is 5.91. The van der Waals surface area contributed by atoms with Crippen LogP contribution in [-0.4, -0.2) is 8.42 Å². The van der Waals surface area contributed by atoms with Gasteiger partial charge in [0.25, 0.3) is 10.0 Å². The number of aryl methyl sites for hydroxylation is 1. The number of sulfonamides is 1. The maximum absolute atomic E-state index is 11.5. The normalized spacial score (nSPS) is 11.3. The van der Waals surface area contributed by atoms with Crippen molar-refractivity contribution < 1.29 is 13.2 Å². The van der Waals surface area contributed by atoms with Crippen LogP contribution in [0.15, 0.2) is 53.4 Å². The second-order valence-electron chi connectivity index (χ2n) is 4.19. The van der Waals surface area contributed by atoms with E-state index in [1.54, 1.807) is 17.0 Å². The molecular weight excluding hydrogens is 276 g/mol. The number of hydrazine groups is 1. The fraction of sp³-hybridized carbons (Fsp3) is 0.143. The van der Waals surface area contributed by atoms with Gasteiger partial charge in [-0.15, -0.1) is 0 Å². The fourth-order valence-corrected chi connectivity index (χ4v) is 2.31. The van der Waals surface area contributed by atoms with Crippen LogP contribution in [0.1, 0.15) is 12.5 Å². The zero-order chi connectivity index (χ0) is 14.6. The van der Waals surface area contributed by atoms with E-state index in [0.29, 0.717) is 11.5 Å². The van der Waals surface area contributed by atoms with Gasteiger partial charge in [0.1, 0.15) is 11.5 Å². The Morgan fingerprint density at radius 2 is 1.50 bits per heavy atom. The number of nitrogens with two attached hydrogens (primary N) is 1. The molecule has 20 heavy (non-hydrogen) atoms. The Balaban J connectivity index is 2.14. The standard InChI is InChI=1S/C14H16N2O3S/c1-2-11-3-5-12(6-4-11)19-13-7-9-14(10-8-13)20(17,18)16-15/h3-10,16H,2,15H2,1H3. The molecule has 2 aromatic rings. The molecule has 3 N–H and O–H groups in total. The van der Waals surface area contributed by atoms with Crippen LogP contribution >= 0.6 is 0 Å². The number of rotatable bonds is 5. The summed E-state index contributed by atoms with van der Waals surface area (Å²) < 4.78 is 28.6. The van der Waals surface area contributed by atoms with Gasteiger partial charge in [-0.3, -0.25) is 5.84 Å². The van der Waals surface area contributed by atoms with E-state index in [2.05, 4.69) is 6.92 Å².